The maximum absolute atomic E-state index is 10.5. The molecule has 0 saturated carbocycles. The van der Waals surface area contributed by atoms with Gasteiger partial charge in [-0.25, -0.2) is 4.98 Å². The second-order valence-electron chi connectivity index (χ2n) is 3.39. The first-order valence-electron chi connectivity index (χ1n) is 4.95. The van der Waals surface area contributed by atoms with Gasteiger partial charge in [0.25, 0.3) is 5.69 Å². The molecule has 1 heterocycles. The van der Waals surface area contributed by atoms with Crippen molar-refractivity contribution < 1.29 is 4.92 Å². The molecule has 2 aromatic rings. The minimum Gasteiger partial charge on any atom is -0.258 e. The van der Waals surface area contributed by atoms with Crippen LogP contribution >= 0.6 is 11.8 Å². The summed E-state index contributed by atoms with van der Waals surface area (Å²) in [6.07, 6.45) is 3.70. The highest BCUT2D eigenvalue weighted by Gasteiger charge is 2.05. The van der Waals surface area contributed by atoms with Gasteiger partial charge in [0, 0.05) is 18.3 Å². The van der Waals surface area contributed by atoms with Crippen LogP contribution in [-0.4, -0.2) is 16.2 Å². The smallest absolute Gasteiger partial charge is 0.258 e. The Bertz CT molecular complexity index is 540. The highest BCUT2D eigenvalue weighted by molar-refractivity contribution is 7.98. The maximum Gasteiger partial charge on any atom is 0.269 e. The summed E-state index contributed by atoms with van der Waals surface area (Å²) in [5.74, 6) is 0. The van der Waals surface area contributed by atoms with Gasteiger partial charge in [-0.15, -0.1) is 11.8 Å². The quantitative estimate of drug-likeness (QED) is 0.473. The van der Waals surface area contributed by atoms with Gasteiger partial charge in [-0.05, 0) is 41.6 Å². The van der Waals surface area contributed by atoms with Crippen LogP contribution in [0.25, 0.3) is 11.1 Å². The van der Waals surface area contributed by atoms with E-state index in [2.05, 4.69) is 4.98 Å². The van der Waals surface area contributed by atoms with Crippen LogP contribution in [0.5, 0.6) is 0 Å². The van der Waals surface area contributed by atoms with Crippen LogP contribution in [-0.2, 0) is 0 Å². The predicted molar refractivity (Wildman–Crippen MR) is 68.1 cm³/mol. The molecule has 17 heavy (non-hydrogen) atoms. The molecular formula is C12H10N2O2S. The van der Waals surface area contributed by atoms with Gasteiger partial charge in [0.2, 0.25) is 0 Å². The minimum absolute atomic E-state index is 0.105. The molecule has 0 aliphatic heterocycles. The molecule has 0 saturated heterocycles. The lowest BCUT2D eigenvalue weighted by atomic mass is 10.1. The molecular weight excluding hydrogens is 236 g/mol. The summed E-state index contributed by atoms with van der Waals surface area (Å²) in [5.41, 5.74) is 2.07. The van der Waals surface area contributed by atoms with Crippen LogP contribution in [0, 0.1) is 10.1 Å². The van der Waals surface area contributed by atoms with Crippen molar-refractivity contribution in [3.8, 4) is 11.1 Å². The van der Waals surface area contributed by atoms with Crippen molar-refractivity contribution in [1.29, 1.82) is 0 Å². The van der Waals surface area contributed by atoms with Crippen LogP contribution in [0.15, 0.2) is 47.6 Å². The van der Waals surface area contributed by atoms with Crippen LogP contribution < -0.4 is 0 Å². The number of rotatable bonds is 3. The maximum atomic E-state index is 10.5. The Kier molecular flexibility index (Phi) is 3.39. The average Bonchev–Trinajstić information content (AvgIpc) is 2.39. The first-order chi connectivity index (χ1) is 8.20. The molecule has 0 fully saturated rings. The zero-order chi connectivity index (χ0) is 12.3. The normalized spacial score (nSPS) is 10.2. The number of aromatic nitrogens is 1. The molecule has 86 valence electrons. The van der Waals surface area contributed by atoms with Crippen molar-refractivity contribution in [2.45, 2.75) is 5.03 Å². The number of pyridine rings is 1. The van der Waals surface area contributed by atoms with E-state index in [0.29, 0.717) is 0 Å². The van der Waals surface area contributed by atoms with Gasteiger partial charge < -0.3 is 0 Å². The number of nitro groups is 1. The Morgan fingerprint density at radius 2 is 1.88 bits per heavy atom. The van der Waals surface area contributed by atoms with Crippen molar-refractivity contribution in [2.75, 3.05) is 6.26 Å². The second-order valence-corrected chi connectivity index (χ2v) is 4.22. The predicted octanol–water partition coefficient (Wildman–Crippen LogP) is 3.38. The Morgan fingerprint density at radius 1 is 1.18 bits per heavy atom. The van der Waals surface area contributed by atoms with Gasteiger partial charge in [0.15, 0.2) is 0 Å². The summed E-state index contributed by atoms with van der Waals surface area (Å²) in [7, 11) is 0. The average molecular weight is 246 g/mol. The van der Waals surface area contributed by atoms with Gasteiger partial charge in [-0.3, -0.25) is 10.1 Å². The second kappa shape index (κ2) is 4.97. The van der Waals surface area contributed by atoms with Gasteiger partial charge in [0.05, 0.1) is 9.95 Å². The molecule has 1 aromatic heterocycles. The number of benzene rings is 1. The fourth-order valence-electron chi connectivity index (χ4n) is 1.48. The Balaban J connectivity index is 2.36. The minimum atomic E-state index is -0.399. The standard InChI is InChI=1S/C12H10N2O2S/c1-17-12-8-10(6-7-13-12)9-2-4-11(5-3-9)14(15)16/h2-8H,1H3. The molecule has 5 heteroatoms. The zero-order valence-electron chi connectivity index (χ0n) is 9.16. The third-order valence-electron chi connectivity index (χ3n) is 2.36. The molecule has 4 nitrogen and oxygen atoms in total. The molecule has 0 bridgehead atoms. The first-order valence-corrected chi connectivity index (χ1v) is 6.18. The number of nitrogens with zero attached hydrogens (tertiary/aromatic N) is 2. The van der Waals surface area contributed by atoms with E-state index in [1.54, 1.807) is 30.1 Å². The Labute approximate surface area is 103 Å². The molecule has 0 N–H and O–H groups in total. The number of hydrogen-bond donors (Lipinski definition) is 0. The van der Waals surface area contributed by atoms with E-state index in [-0.39, 0.29) is 5.69 Å². The van der Waals surface area contributed by atoms with Crippen LogP contribution in [0.4, 0.5) is 5.69 Å². The van der Waals surface area contributed by atoms with Crippen molar-refractivity contribution in [2.24, 2.45) is 0 Å². The lowest BCUT2D eigenvalue weighted by Gasteiger charge is -2.02. The molecule has 2 rings (SSSR count). The lowest BCUT2D eigenvalue weighted by Crippen LogP contribution is -1.87. The molecule has 0 unspecified atom stereocenters. The van der Waals surface area contributed by atoms with E-state index in [4.69, 9.17) is 0 Å². The van der Waals surface area contributed by atoms with Crippen LogP contribution in [0.2, 0.25) is 0 Å². The molecule has 0 amide bonds. The van der Waals surface area contributed by atoms with E-state index in [9.17, 15) is 10.1 Å². The summed E-state index contributed by atoms with van der Waals surface area (Å²) < 4.78 is 0. The number of thioether (sulfide) groups is 1. The first kappa shape index (κ1) is 11.6. The molecule has 1 aromatic carbocycles. The molecule has 0 aliphatic carbocycles. The Morgan fingerprint density at radius 3 is 2.47 bits per heavy atom. The third kappa shape index (κ3) is 2.62. The van der Waals surface area contributed by atoms with E-state index in [0.717, 1.165) is 16.2 Å². The van der Waals surface area contributed by atoms with Crippen molar-refractivity contribution in [3.05, 3.63) is 52.7 Å². The molecule has 0 radical (unpaired) electrons. The number of nitro benzene ring substituents is 1. The zero-order valence-corrected chi connectivity index (χ0v) is 9.98. The van der Waals surface area contributed by atoms with Gasteiger partial charge in [-0.1, -0.05) is 0 Å². The molecule has 0 spiro atoms. The number of hydrogen-bond acceptors (Lipinski definition) is 4. The third-order valence-corrected chi connectivity index (χ3v) is 3.00. The molecule has 0 atom stereocenters. The van der Waals surface area contributed by atoms with Crippen LogP contribution in [0.1, 0.15) is 0 Å². The summed E-state index contributed by atoms with van der Waals surface area (Å²) >= 11 is 1.57. The van der Waals surface area contributed by atoms with Crippen LogP contribution in [0.3, 0.4) is 0 Å². The fraction of sp³-hybridized carbons (Fsp3) is 0.0833. The summed E-state index contributed by atoms with van der Waals surface area (Å²) in [6.45, 7) is 0. The van der Waals surface area contributed by atoms with Crippen molar-refractivity contribution in [3.63, 3.8) is 0 Å². The van der Waals surface area contributed by atoms with Gasteiger partial charge in [-0.2, -0.15) is 0 Å². The summed E-state index contributed by atoms with van der Waals surface area (Å²) in [6, 6.07) is 10.4. The van der Waals surface area contributed by atoms with E-state index < -0.39 is 4.92 Å². The van der Waals surface area contributed by atoms with E-state index >= 15 is 0 Å². The van der Waals surface area contributed by atoms with Crippen molar-refractivity contribution in [1.82, 2.24) is 4.98 Å². The number of non-ortho nitro benzene ring substituents is 1. The van der Waals surface area contributed by atoms with E-state index in [1.807, 2.05) is 18.4 Å². The summed E-state index contributed by atoms with van der Waals surface area (Å²) in [5, 5.41) is 11.5. The van der Waals surface area contributed by atoms with Crippen molar-refractivity contribution >= 4 is 17.4 Å². The lowest BCUT2D eigenvalue weighted by molar-refractivity contribution is -0.384. The highest BCUT2D eigenvalue weighted by Crippen LogP contribution is 2.24. The SMILES string of the molecule is CSc1cc(-c2ccc([N+](=O)[O-])cc2)ccn1. The topological polar surface area (TPSA) is 56.0 Å². The summed E-state index contributed by atoms with van der Waals surface area (Å²) in [4.78, 5) is 14.3. The monoisotopic (exact) mass is 246 g/mol. The fourth-order valence-corrected chi connectivity index (χ4v) is 1.89. The van der Waals surface area contributed by atoms with Gasteiger partial charge >= 0.3 is 0 Å². The van der Waals surface area contributed by atoms with E-state index in [1.165, 1.54) is 12.1 Å². The Hall–Kier alpha value is -1.88. The highest BCUT2D eigenvalue weighted by atomic mass is 32.2. The molecule has 0 aliphatic rings. The largest absolute Gasteiger partial charge is 0.269 e. The van der Waals surface area contributed by atoms with Gasteiger partial charge in [0.1, 0.15) is 0 Å².